The Balaban J connectivity index is 3.34. The van der Waals surface area contributed by atoms with Crippen LogP contribution in [-0.2, 0) is 4.79 Å². The molecule has 0 radical (unpaired) electrons. The molecule has 13 heteroatoms. The Hall–Kier alpha value is -2.60. The van der Waals surface area contributed by atoms with E-state index in [1.54, 1.807) is 5.11 Å². The standard InChI is InChI=1S/C13H7F9N2O2/c1-6(9(25)26)7-4-2-3-5-8(7)23-24-13(21,22)11(16,17)10(14,15)12(18,19)20/h2-5H,1H2,(H,25,26). The van der Waals surface area contributed by atoms with Crippen molar-refractivity contribution in [2.75, 3.05) is 0 Å². The second kappa shape index (κ2) is 6.61. The Morgan fingerprint density at radius 1 is 0.923 bits per heavy atom. The molecule has 0 aliphatic rings. The van der Waals surface area contributed by atoms with Crippen LogP contribution in [0.2, 0.25) is 0 Å². The molecule has 0 fully saturated rings. The molecule has 1 rings (SSSR count). The molecule has 0 aliphatic carbocycles. The lowest BCUT2D eigenvalue weighted by atomic mass is 10.1. The number of nitrogens with zero attached hydrogens (tertiary/aromatic N) is 2. The van der Waals surface area contributed by atoms with Gasteiger partial charge in [-0.15, -0.1) is 10.2 Å². The predicted octanol–water partition coefficient (Wildman–Crippen LogP) is 5.29. The van der Waals surface area contributed by atoms with E-state index in [2.05, 4.69) is 11.7 Å². The molecule has 0 amide bonds. The Kier molecular flexibility index (Phi) is 5.45. The molecular formula is C13H7F9N2O2. The minimum Gasteiger partial charge on any atom is -0.478 e. The number of alkyl halides is 9. The molecule has 0 atom stereocenters. The molecule has 0 unspecified atom stereocenters. The molecule has 1 N–H and O–H groups in total. The van der Waals surface area contributed by atoms with Crippen LogP contribution in [0.4, 0.5) is 45.2 Å². The number of benzene rings is 1. The third kappa shape index (κ3) is 3.65. The summed E-state index contributed by atoms with van der Waals surface area (Å²) in [6, 6.07) is -2.29. The van der Waals surface area contributed by atoms with E-state index in [4.69, 9.17) is 5.11 Å². The quantitative estimate of drug-likeness (QED) is 0.308. The van der Waals surface area contributed by atoms with Crippen molar-refractivity contribution in [3.63, 3.8) is 0 Å². The number of azo groups is 1. The molecule has 26 heavy (non-hydrogen) atoms. The van der Waals surface area contributed by atoms with Crippen LogP contribution in [-0.4, -0.2) is 35.1 Å². The number of carboxylic acid groups (broad SMARTS) is 1. The summed E-state index contributed by atoms with van der Waals surface area (Å²) in [4.78, 5) is 10.8. The van der Waals surface area contributed by atoms with Crippen molar-refractivity contribution in [1.29, 1.82) is 0 Å². The van der Waals surface area contributed by atoms with Gasteiger partial charge in [-0.1, -0.05) is 24.8 Å². The lowest BCUT2D eigenvalue weighted by Gasteiger charge is -2.30. The third-order valence-corrected chi connectivity index (χ3v) is 2.90. The highest BCUT2D eigenvalue weighted by atomic mass is 19.4. The molecule has 0 saturated heterocycles. The summed E-state index contributed by atoms with van der Waals surface area (Å²) in [6.07, 6.45) is -6.98. The average Bonchev–Trinajstić information content (AvgIpc) is 2.51. The van der Waals surface area contributed by atoms with Crippen LogP contribution in [0.5, 0.6) is 0 Å². The molecule has 0 spiro atoms. The van der Waals surface area contributed by atoms with E-state index in [1.165, 1.54) is 6.07 Å². The van der Waals surface area contributed by atoms with Gasteiger partial charge in [-0.05, 0) is 6.07 Å². The van der Waals surface area contributed by atoms with Crippen LogP contribution in [0.1, 0.15) is 5.56 Å². The maximum absolute atomic E-state index is 13.3. The number of carboxylic acids is 1. The largest absolute Gasteiger partial charge is 0.478 e. The number of aliphatic carboxylic acids is 1. The SMILES string of the molecule is C=C(C(=O)O)c1ccccc1N=NC(F)(F)C(F)(F)C(F)(F)C(F)(F)F. The first-order valence-electron chi connectivity index (χ1n) is 6.21. The molecule has 1 aromatic carbocycles. The van der Waals surface area contributed by atoms with Gasteiger partial charge in [0.25, 0.3) is 0 Å². The first-order chi connectivity index (χ1) is 11.6. The number of rotatable bonds is 6. The molecule has 0 aromatic heterocycles. The lowest BCUT2D eigenvalue weighted by Crippen LogP contribution is -2.60. The van der Waals surface area contributed by atoms with Gasteiger partial charge in [0.15, 0.2) is 0 Å². The second-order valence-corrected chi connectivity index (χ2v) is 4.69. The maximum atomic E-state index is 13.3. The summed E-state index contributed by atoms with van der Waals surface area (Å²) in [6.45, 7) is 3.04. The van der Waals surface area contributed by atoms with Crippen LogP contribution in [0.25, 0.3) is 5.57 Å². The van der Waals surface area contributed by atoms with Crippen LogP contribution >= 0.6 is 0 Å². The van der Waals surface area contributed by atoms with E-state index in [9.17, 15) is 44.3 Å². The molecule has 0 saturated carbocycles. The fourth-order valence-corrected chi connectivity index (χ4v) is 1.48. The fourth-order valence-electron chi connectivity index (χ4n) is 1.48. The van der Waals surface area contributed by atoms with Crippen molar-refractivity contribution in [1.82, 2.24) is 0 Å². The zero-order valence-corrected chi connectivity index (χ0v) is 12.2. The number of carbonyl (C=O) groups is 1. The van der Waals surface area contributed by atoms with E-state index < -0.39 is 46.9 Å². The molecule has 0 bridgehead atoms. The number of halogens is 9. The van der Waals surface area contributed by atoms with E-state index in [1.807, 2.05) is 0 Å². The highest BCUT2D eigenvalue weighted by molar-refractivity contribution is 6.15. The first-order valence-corrected chi connectivity index (χ1v) is 6.21. The van der Waals surface area contributed by atoms with E-state index in [0.29, 0.717) is 0 Å². The third-order valence-electron chi connectivity index (χ3n) is 2.90. The zero-order valence-electron chi connectivity index (χ0n) is 12.2. The second-order valence-electron chi connectivity index (χ2n) is 4.69. The monoisotopic (exact) mass is 394 g/mol. The number of hydrogen-bond donors (Lipinski definition) is 1. The molecule has 0 aliphatic heterocycles. The van der Waals surface area contributed by atoms with Crippen molar-refractivity contribution in [3.05, 3.63) is 36.4 Å². The molecule has 0 heterocycles. The number of hydrogen-bond acceptors (Lipinski definition) is 3. The molecule has 144 valence electrons. The van der Waals surface area contributed by atoms with Gasteiger partial charge in [0.2, 0.25) is 0 Å². The summed E-state index contributed by atoms with van der Waals surface area (Å²) < 4.78 is 114. The normalized spacial score (nSPS) is 13.9. The van der Waals surface area contributed by atoms with Gasteiger partial charge in [-0.2, -0.15) is 39.5 Å². The zero-order chi connectivity index (χ0) is 20.6. The van der Waals surface area contributed by atoms with Crippen LogP contribution < -0.4 is 0 Å². The highest BCUT2D eigenvalue weighted by Gasteiger charge is 2.82. The smallest absolute Gasteiger partial charge is 0.460 e. The Labute approximate surface area is 138 Å². The minimum absolute atomic E-state index is 0.495. The molecule has 4 nitrogen and oxygen atoms in total. The van der Waals surface area contributed by atoms with E-state index >= 15 is 0 Å². The summed E-state index contributed by atoms with van der Waals surface area (Å²) in [7, 11) is 0. The average molecular weight is 394 g/mol. The summed E-state index contributed by atoms with van der Waals surface area (Å²) in [5.74, 6) is -15.7. The van der Waals surface area contributed by atoms with E-state index in [-0.39, 0.29) is 0 Å². The van der Waals surface area contributed by atoms with Crippen molar-refractivity contribution >= 4 is 17.2 Å². The molecular weight excluding hydrogens is 387 g/mol. The van der Waals surface area contributed by atoms with Gasteiger partial charge < -0.3 is 5.11 Å². The van der Waals surface area contributed by atoms with Crippen LogP contribution in [0.15, 0.2) is 41.1 Å². The Morgan fingerprint density at radius 2 is 1.42 bits per heavy atom. The van der Waals surface area contributed by atoms with Gasteiger partial charge in [-0.3, -0.25) is 0 Å². The topological polar surface area (TPSA) is 62.0 Å². The van der Waals surface area contributed by atoms with Gasteiger partial charge >= 0.3 is 30.0 Å². The lowest BCUT2D eigenvalue weighted by molar-refractivity contribution is -0.395. The highest BCUT2D eigenvalue weighted by Crippen LogP contribution is 2.53. The minimum atomic E-state index is -7.10. The van der Waals surface area contributed by atoms with Crippen molar-refractivity contribution in [2.24, 2.45) is 10.2 Å². The van der Waals surface area contributed by atoms with Crippen molar-refractivity contribution in [2.45, 2.75) is 24.1 Å². The maximum Gasteiger partial charge on any atom is 0.460 e. The van der Waals surface area contributed by atoms with Crippen LogP contribution in [0.3, 0.4) is 0 Å². The fraction of sp³-hybridized carbons (Fsp3) is 0.308. The van der Waals surface area contributed by atoms with Gasteiger partial charge in [0, 0.05) is 5.56 Å². The summed E-state index contributed by atoms with van der Waals surface area (Å²) in [5, 5.41) is 12.9. The van der Waals surface area contributed by atoms with Crippen molar-refractivity contribution < 1.29 is 49.4 Å². The van der Waals surface area contributed by atoms with Gasteiger partial charge in [-0.25, -0.2) is 4.79 Å². The summed E-state index contributed by atoms with van der Waals surface area (Å²) >= 11 is 0. The van der Waals surface area contributed by atoms with Crippen molar-refractivity contribution in [3.8, 4) is 0 Å². The van der Waals surface area contributed by atoms with Gasteiger partial charge in [0.1, 0.15) is 0 Å². The van der Waals surface area contributed by atoms with Crippen LogP contribution in [0, 0.1) is 0 Å². The summed E-state index contributed by atoms with van der Waals surface area (Å²) in [5.41, 5.74) is -2.05. The Morgan fingerprint density at radius 3 is 1.88 bits per heavy atom. The Bertz CT molecular complexity index is 741. The molecule has 1 aromatic rings. The van der Waals surface area contributed by atoms with Gasteiger partial charge in [0.05, 0.1) is 11.3 Å². The van der Waals surface area contributed by atoms with E-state index in [0.717, 1.165) is 18.2 Å². The first kappa shape index (κ1) is 21.4. The predicted molar refractivity (Wildman–Crippen MR) is 68.5 cm³/mol.